The van der Waals surface area contributed by atoms with Crippen molar-refractivity contribution in [2.45, 2.75) is 12.8 Å². The number of piperazine rings is 1. The third-order valence-electron chi connectivity index (χ3n) is 6.77. The minimum absolute atomic E-state index is 0.166. The molecule has 2 fully saturated rings. The van der Waals surface area contributed by atoms with Crippen LogP contribution in [0.2, 0.25) is 0 Å². The zero-order chi connectivity index (χ0) is 23.2. The van der Waals surface area contributed by atoms with E-state index in [9.17, 15) is 9.18 Å². The number of benzene rings is 2. The van der Waals surface area contributed by atoms with Crippen LogP contribution in [-0.4, -0.2) is 51.9 Å². The number of nitrogens with one attached hydrogen (secondary N) is 1. The molecule has 0 atom stereocenters. The standard InChI is InChI=1S/C26H25FN6O/c27-18-5-8-23-20(13-18)22(15-29-23)24-21(14-30-26(28)31-24)16-3-6-19(7-4-16)32-9-11-33(12-10-32)25(34)17-1-2-17/h3-8,13-15,17,29H,1-2,9-12H2,(H2,28,30,31). The second-order valence-corrected chi connectivity index (χ2v) is 9.02. The van der Waals surface area contributed by atoms with Gasteiger partial charge in [-0.05, 0) is 48.7 Å². The number of nitrogens with two attached hydrogens (primary N) is 1. The fourth-order valence-electron chi connectivity index (χ4n) is 4.73. The van der Waals surface area contributed by atoms with E-state index in [4.69, 9.17) is 5.73 Å². The maximum absolute atomic E-state index is 13.9. The van der Waals surface area contributed by atoms with Gasteiger partial charge in [0, 0.05) is 72.2 Å². The molecule has 34 heavy (non-hydrogen) atoms. The number of fused-ring (bicyclic) bond motifs is 1. The first-order chi connectivity index (χ1) is 16.6. The second-order valence-electron chi connectivity index (χ2n) is 9.02. The Morgan fingerprint density at radius 1 is 1.03 bits per heavy atom. The van der Waals surface area contributed by atoms with E-state index in [2.05, 4.69) is 32.0 Å². The maximum Gasteiger partial charge on any atom is 0.225 e. The number of anilines is 2. The smallest absolute Gasteiger partial charge is 0.225 e. The quantitative estimate of drug-likeness (QED) is 0.483. The van der Waals surface area contributed by atoms with E-state index < -0.39 is 0 Å². The minimum atomic E-state index is -0.305. The van der Waals surface area contributed by atoms with Crippen LogP contribution in [0.25, 0.3) is 33.3 Å². The van der Waals surface area contributed by atoms with Crippen LogP contribution in [0.15, 0.2) is 54.9 Å². The highest BCUT2D eigenvalue weighted by molar-refractivity contribution is 5.98. The lowest BCUT2D eigenvalue weighted by Crippen LogP contribution is -2.49. The average molecular weight is 457 g/mol. The molecule has 0 bridgehead atoms. The zero-order valence-corrected chi connectivity index (χ0v) is 18.7. The predicted molar refractivity (Wildman–Crippen MR) is 131 cm³/mol. The van der Waals surface area contributed by atoms with Gasteiger partial charge >= 0.3 is 0 Å². The molecule has 3 N–H and O–H groups in total. The summed E-state index contributed by atoms with van der Waals surface area (Å²) < 4.78 is 13.9. The first-order valence-electron chi connectivity index (χ1n) is 11.6. The van der Waals surface area contributed by atoms with Crippen LogP contribution in [-0.2, 0) is 4.79 Å². The van der Waals surface area contributed by atoms with E-state index in [-0.39, 0.29) is 17.7 Å². The summed E-state index contributed by atoms with van der Waals surface area (Å²) in [4.78, 5) is 28.5. The molecule has 1 aliphatic heterocycles. The monoisotopic (exact) mass is 456 g/mol. The molecule has 0 radical (unpaired) electrons. The zero-order valence-electron chi connectivity index (χ0n) is 18.7. The van der Waals surface area contributed by atoms with Gasteiger partial charge in [0.25, 0.3) is 0 Å². The summed E-state index contributed by atoms with van der Waals surface area (Å²) in [5.41, 5.74) is 11.1. The number of halogens is 1. The fraction of sp³-hybridized carbons (Fsp3) is 0.269. The number of aromatic amines is 1. The molecule has 7 nitrogen and oxygen atoms in total. The van der Waals surface area contributed by atoms with Crippen molar-refractivity contribution in [2.75, 3.05) is 36.8 Å². The molecule has 1 aliphatic carbocycles. The molecule has 1 saturated heterocycles. The molecule has 3 heterocycles. The van der Waals surface area contributed by atoms with Gasteiger partial charge in [-0.3, -0.25) is 4.79 Å². The molecule has 2 aliphatic rings. The molecule has 6 rings (SSSR count). The van der Waals surface area contributed by atoms with Crippen molar-refractivity contribution in [3.05, 3.63) is 60.7 Å². The van der Waals surface area contributed by atoms with Crippen LogP contribution in [0.4, 0.5) is 16.0 Å². The highest BCUT2D eigenvalue weighted by Gasteiger charge is 2.34. The molecular weight excluding hydrogens is 431 g/mol. The largest absolute Gasteiger partial charge is 0.368 e. The van der Waals surface area contributed by atoms with Gasteiger partial charge < -0.3 is 20.5 Å². The van der Waals surface area contributed by atoms with Gasteiger partial charge in [0.1, 0.15) is 5.82 Å². The van der Waals surface area contributed by atoms with Crippen LogP contribution in [0.5, 0.6) is 0 Å². The Morgan fingerprint density at radius 3 is 2.53 bits per heavy atom. The number of hydrogen-bond donors (Lipinski definition) is 2. The third kappa shape index (κ3) is 3.75. The summed E-state index contributed by atoms with van der Waals surface area (Å²) in [7, 11) is 0. The Hall–Kier alpha value is -3.94. The van der Waals surface area contributed by atoms with Gasteiger partial charge in [0.2, 0.25) is 11.9 Å². The Balaban J connectivity index is 1.27. The Labute approximate surface area is 196 Å². The molecule has 172 valence electrons. The molecule has 0 spiro atoms. The molecule has 2 aromatic carbocycles. The lowest BCUT2D eigenvalue weighted by Gasteiger charge is -2.36. The number of rotatable bonds is 4. The van der Waals surface area contributed by atoms with E-state index in [1.807, 2.05) is 23.2 Å². The Bertz CT molecular complexity index is 1370. The molecule has 1 saturated carbocycles. The number of amides is 1. The highest BCUT2D eigenvalue weighted by atomic mass is 19.1. The number of carbonyl (C=O) groups excluding carboxylic acids is 1. The van der Waals surface area contributed by atoms with Crippen molar-refractivity contribution in [3.63, 3.8) is 0 Å². The van der Waals surface area contributed by atoms with E-state index in [0.717, 1.165) is 72.3 Å². The van der Waals surface area contributed by atoms with Gasteiger partial charge in [0.15, 0.2) is 0 Å². The minimum Gasteiger partial charge on any atom is -0.368 e. The Kier molecular flexibility index (Phi) is 4.94. The second kappa shape index (κ2) is 8.13. The van der Waals surface area contributed by atoms with Crippen molar-refractivity contribution in [3.8, 4) is 22.4 Å². The number of hydrogen-bond acceptors (Lipinski definition) is 5. The summed E-state index contributed by atoms with van der Waals surface area (Å²) in [5, 5.41) is 0.745. The summed E-state index contributed by atoms with van der Waals surface area (Å²) >= 11 is 0. The molecule has 2 aromatic heterocycles. The van der Waals surface area contributed by atoms with Crippen molar-refractivity contribution in [1.29, 1.82) is 0 Å². The fourth-order valence-corrected chi connectivity index (χ4v) is 4.73. The van der Waals surface area contributed by atoms with Crippen LogP contribution in [0.1, 0.15) is 12.8 Å². The van der Waals surface area contributed by atoms with Gasteiger partial charge in [-0.25, -0.2) is 14.4 Å². The third-order valence-corrected chi connectivity index (χ3v) is 6.77. The van der Waals surface area contributed by atoms with Crippen molar-refractivity contribution in [1.82, 2.24) is 19.9 Å². The lowest BCUT2D eigenvalue weighted by atomic mass is 10.00. The van der Waals surface area contributed by atoms with E-state index in [1.165, 1.54) is 12.1 Å². The van der Waals surface area contributed by atoms with E-state index in [0.29, 0.717) is 11.6 Å². The average Bonchev–Trinajstić information content (AvgIpc) is 3.63. The molecule has 1 amide bonds. The van der Waals surface area contributed by atoms with Crippen molar-refractivity contribution < 1.29 is 9.18 Å². The number of carbonyl (C=O) groups is 1. The van der Waals surface area contributed by atoms with Gasteiger partial charge in [-0.15, -0.1) is 0 Å². The number of nitrogen functional groups attached to an aromatic ring is 1. The summed E-state index contributed by atoms with van der Waals surface area (Å²) in [6.07, 6.45) is 5.63. The predicted octanol–water partition coefficient (Wildman–Crippen LogP) is 4.07. The van der Waals surface area contributed by atoms with E-state index in [1.54, 1.807) is 12.3 Å². The van der Waals surface area contributed by atoms with Crippen molar-refractivity contribution in [2.24, 2.45) is 5.92 Å². The maximum atomic E-state index is 13.9. The normalized spacial score (nSPS) is 16.3. The van der Waals surface area contributed by atoms with Crippen LogP contribution >= 0.6 is 0 Å². The number of H-pyrrole nitrogens is 1. The SMILES string of the molecule is Nc1ncc(-c2ccc(N3CCN(C(=O)C4CC4)CC3)cc2)c(-c2c[nH]c3ccc(F)cc23)n1. The Morgan fingerprint density at radius 2 is 1.79 bits per heavy atom. The van der Waals surface area contributed by atoms with E-state index >= 15 is 0 Å². The van der Waals surface area contributed by atoms with Gasteiger partial charge in [-0.2, -0.15) is 0 Å². The van der Waals surface area contributed by atoms with Crippen LogP contribution < -0.4 is 10.6 Å². The van der Waals surface area contributed by atoms with Crippen molar-refractivity contribution >= 4 is 28.4 Å². The highest BCUT2D eigenvalue weighted by Crippen LogP contribution is 2.36. The lowest BCUT2D eigenvalue weighted by molar-refractivity contribution is -0.132. The number of aromatic nitrogens is 3. The molecular formula is C26H25FN6O. The number of nitrogens with zero attached hydrogens (tertiary/aromatic N) is 4. The first-order valence-corrected chi connectivity index (χ1v) is 11.6. The summed E-state index contributed by atoms with van der Waals surface area (Å²) in [6.45, 7) is 3.19. The summed E-state index contributed by atoms with van der Waals surface area (Å²) in [5.74, 6) is 0.457. The molecule has 0 unspecified atom stereocenters. The summed E-state index contributed by atoms with van der Waals surface area (Å²) in [6, 6.07) is 12.9. The van der Waals surface area contributed by atoms with Gasteiger partial charge in [0.05, 0.1) is 5.69 Å². The van der Waals surface area contributed by atoms with Gasteiger partial charge in [-0.1, -0.05) is 12.1 Å². The topological polar surface area (TPSA) is 91.1 Å². The molecule has 4 aromatic rings. The molecule has 8 heteroatoms. The van der Waals surface area contributed by atoms with Crippen LogP contribution in [0.3, 0.4) is 0 Å². The van der Waals surface area contributed by atoms with Crippen LogP contribution in [0, 0.1) is 11.7 Å². The first kappa shape index (κ1) is 20.7.